The lowest BCUT2D eigenvalue weighted by Gasteiger charge is -2.39. The Balaban J connectivity index is 3.06. The minimum Gasteiger partial charge on any atom is -0.464 e. The molecule has 1 aromatic carbocycles. The highest BCUT2D eigenvalue weighted by atomic mass is 28.4. The summed E-state index contributed by atoms with van der Waals surface area (Å²) in [5, 5.41) is -0.00580. The molecule has 4 nitrogen and oxygen atoms in total. The van der Waals surface area contributed by atoms with E-state index < -0.39 is 20.5 Å². The molecule has 1 rings (SSSR count). The van der Waals surface area contributed by atoms with Crippen molar-refractivity contribution in [1.82, 2.24) is 0 Å². The largest absolute Gasteiger partial charge is 0.464 e. The molecule has 2 N–H and O–H groups in total. The van der Waals surface area contributed by atoms with Gasteiger partial charge in [0.05, 0.1) is 12.6 Å². The van der Waals surface area contributed by atoms with Gasteiger partial charge in [0, 0.05) is 0 Å². The highest BCUT2D eigenvalue weighted by Gasteiger charge is 2.43. The molecule has 0 amide bonds. The third-order valence-electron chi connectivity index (χ3n) is 4.26. The molecule has 1 aromatic rings. The van der Waals surface area contributed by atoms with Crippen LogP contribution in [0.4, 0.5) is 0 Å². The molecule has 0 aliphatic heterocycles. The number of hydrogen-bond acceptors (Lipinski definition) is 4. The van der Waals surface area contributed by atoms with Crippen LogP contribution in [0.2, 0.25) is 18.1 Å². The zero-order chi connectivity index (χ0) is 17.0. The van der Waals surface area contributed by atoms with E-state index in [2.05, 4.69) is 33.9 Å². The third kappa shape index (κ3) is 4.66. The van der Waals surface area contributed by atoms with Crippen molar-refractivity contribution >= 4 is 14.3 Å². The summed E-state index contributed by atoms with van der Waals surface area (Å²) in [6.45, 7) is 12.7. The fourth-order valence-electron chi connectivity index (χ4n) is 1.84. The molecule has 0 aliphatic rings. The van der Waals surface area contributed by atoms with Crippen molar-refractivity contribution < 1.29 is 14.0 Å². The smallest absolute Gasteiger partial charge is 0.336 e. The average Bonchev–Trinajstić information content (AvgIpc) is 2.44. The Labute approximate surface area is 135 Å². The predicted molar refractivity (Wildman–Crippen MR) is 92.1 cm³/mol. The minimum atomic E-state index is -2.14. The summed E-state index contributed by atoms with van der Waals surface area (Å²) < 4.78 is 11.5. The van der Waals surface area contributed by atoms with Gasteiger partial charge in [0.15, 0.2) is 14.4 Å². The van der Waals surface area contributed by atoms with Crippen LogP contribution in [0.25, 0.3) is 0 Å². The van der Waals surface area contributed by atoms with Gasteiger partial charge in [-0.2, -0.15) is 0 Å². The molecule has 0 heterocycles. The zero-order valence-corrected chi connectivity index (χ0v) is 15.6. The lowest BCUT2D eigenvalue weighted by atomic mass is 10.0. The first-order valence-corrected chi connectivity index (χ1v) is 10.7. The van der Waals surface area contributed by atoms with Gasteiger partial charge in [-0.05, 0) is 30.6 Å². The minimum absolute atomic E-state index is 0.00580. The Morgan fingerprint density at radius 1 is 1.23 bits per heavy atom. The molecule has 0 radical (unpaired) electrons. The molecule has 22 heavy (non-hydrogen) atoms. The number of esters is 1. The fraction of sp³-hybridized carbons (Fsp3) is 0.588. The summed E-state index contributed by atoms with van der Waals surface area (Å²) in [5.74, 6) is -0.385. The molecule has 0 spiro atoms. The number of benzene rings is 1. The first kappa shape index (κ1) is 18.9. The van der Waals surface area contributed by atoms with Crippen molar-refractivity contribution in [2.75, 3.05) is 6.61 Å². The van der Waals surface area contributed by atoms with Gasteiger partial charge < -0.3 is 14.9 Å². The monoisotopic (exact) mass is 323 g/mol. The van der Waals surface area contributed by atoms with Crippen LogP contribution in [0.15, 0.2) is 30.3 Å². The van der Waals surface area contributed by atoms with Crippen LogP contribution >= 0.6 is 0 Å². The van der Waals surface area contributed by atoms with E-state index in [9.17, 15) is 4.79 Å². The second kappa shape index (κ2) is 7.40. The highest BCUT2D eigenvalue weighted by Crippen LogP contribution is 2.38. The number of ether oxygens (including phenoxy) is 1. The molecule has 2 atom stereocenters. The molecule has 0 saturated carbocycles. The van der Waals surface area contributed by atoms with Crippen LogP contribution < -0.4 is 5.73 Å². The predicted octanol–water partition coefficient (Wildman–Crippen LogP) is 3.64. The Bertz CT molecular complexity index is 482. The molecule has 0 fully saturated rings. The van der Waals surface area contributed by atoms with Gasteiger partial charge in [0.25, 0.3) is 0 Å². The van der Waals surface area contributed by atoms with Crippen molar-refractivity contribution in [3.63, 3.8) is 0 Å². The van der Waals surface area contributed by atoms with Gasteiger partial charge in [0.2, 0.25) is 0 Å². The van der Waals surface area contributed by atoms with Gasteiger partial charge in [-0.3, -0.25) is 0 Å². The molecule has 0 saturated heterocycles. The summed E-state index contributed by atoms with van der Waals surface area (Å²) in [6, 6.07) is 9.02. The number of nitrogens with two attached hydrogens (primary N) is 1. The van der Waals surface area contributed by atoms with Crippen LogP contribution in [0.5, 0.6) is 0 Å². The molecule has 2 unspecified atom stereocenters. The van der Waals surface area contributed by atoms with Crippen LogP contribution in [-0.2, 0) is 14.0 Å². The highest BCUT2D eigenvalue weighted by molar-refractivity contribution is 6.74. The SMILES string of the molecule is CCOC(=O)C(O[Si](C)(C)C(C)(C)C)C(N)c1ccccc1. The summed E-state index contributed by atoms with van der Waals surface area (Å²) >= 11 is 0. The van der Waals surface area contributed by atoms with E-state index in [-0.39, 0.29) is 11.0 Å². The molecule has 0 bridgehead atoms. The fourth-order valence-corrected chi connectivity index (χ4v) is 3.07. The van der Waals surface area contributed by atoms with Crippen molar-refractivity contribution in [3.05, 3.63) is 35.9 Å². The van der Waals surface area contributed by atoms with E-state index in [4.69, 9.17) is 14.9 Å². The summed E-state index contributed by atoms with van der Waals surface area (Å²) in [4.78, 5) is 12.4. The number of carbonyl (C=O) groups excluding carboxylic acids is 1. The van der Waals surface area contributed by atoms with Gasteiger partial charge in [-0.15, -0.1) is 0 Å². The van der Waals surface area contributed by atoms with Crippen LogP contribution in [0, 0.1) is 0 Å². The molecule has 124 valence electrons. The van der Waals surface area contributed by atoms with Crippen molar-refractivity contribution in [3.8, 4) is 0 Å². The number of rotatable bonds is 6. The van der Waals surface area contributed by atoms with Crippen molar-refractivity contribution in [2.24, 2.45) is 5.73 Å². The third-order valence-corrected chi connectivity index (χ3v) is 8.71. The van der Waals surface area contributed by atoms with Crippen LogP contribution in [0.3, 0.4) is 0 Å². The quantitative estimate of drug-likeness (QED) is 0.641. The van der Waals surface area contributed by atoms with Gasteiger partial charge in [-0.1, -0.05) is 51.1 Å². The van der Waals surface area contributed by atoms with Gasteiger partial charge >= 0.3 is 5.97 Å². The van der Waals surface area contributed by atoms with Gasteiger partial charge in [0.1, 0.15) is 0 Å². The van der Waals surface area contributed by atoms with Crippen molar-refractivity contribution in [1.29, 1.82) is 0 Å². The van der Waals surface area contributed by atoms with E-state index in [1.54, 1.807) is 6.92 Å². The van der Waals surface area contributed by atoms with Crippen molar-refractivity contribution in [2.45, 2.75) is 58.0 Å². The second-order valence-corrected chi connectivity index (χ2v) is 11.7. The van der Waals surface area contributed by atoms with E-state index in [1.165, 1.54) is 0 Å². The van der Waals surface area contributed by atoms with Crippen LogP contribution in [-0.4, -0.2) is 27.0 Å². The van der Waals surface area contributed by atoms with E-state index in [0.29, 0.717) is 6.61 Å². The Kier molecular flexibility index (Phi) is 6.34. The maximum Gasteiger partial charge on any atom is 0.336 e. The summed E-state index contributed by atoms with van der Waals surface area (Å²) in [6.07, 6.45) is -0.775. The molecule has 0 aliphatic carbocycles. The van der Waals surface area contributed by atoms with Gasteiger partial charge in [-0.25, -0.2) is 4.79 Å². The maximum atomic E-state index is 12.4. The Morgan fingerprint density at radius 3 is 2.23 bits per heavy atom. The molecular weight excluding hydrogens is 294 g/mol. The normalized spacial score (nSPS) is 15.2. The first-order chi connectivity index (χ1) is 10.1. The molecular formula is C17H29NO3Si. The number of carbonyl (C=O) groups is 1. The van der Waals surface area contributed by atoms with E-state index in [1.807, 2.05) is 30.3 Å². The van der Waals surface area contributed by atoms with Crippen LogP contribution in [0.1, 0.15) is 39.3 Å². The van der Waals surface area contributed by atoms with E-state index >= 15 is 0 Å². The van der Waals surface area contributed by atoms with E-state index in [0.717, 1.165) is 5.56 Å². The topological polar surface area (TPSA) is 61.5 Å². The maximum absolute atomic E-state index is 12.4. The second-order valence-electron chi connectivity index (χ2n) is 6.99. The zero-order valence-electron chi connectivity index (χ0n) is 14.6. The molecule has 0 aromatic heterocycles. The standard InChI is InChI=1S/C17H29NO3Si/c1-7-20-16(19)15(21-22(5,6)17(2,3)4)14(18)13-11-9-8-10-12-13/h8-12,14-15H,7,18H2,1-6H3. The molecule has 5 heteroatoms. The lowest BCUT2D eigenvalue weighted by molar-refractivity contribution is -0.153. The average molecular weight is 324 g/mol. The Hall–Kier alpha value is -1.17. The summed E-state index contributed by atoms with van der Waals surface area (Å²) in [7, 11) is -2.14. The number of hydrogen-bond donors (Lipinski definition) is 1. The Morgan fingerprint density at radius 2 is 1.77 bits per heavy atom. The first-order valence-electron chi connectivity index (χ1n) is 7.75. The lowest BCUT2D eigenvalue weighted by Crippen LogP contribution is -2.49. The summed E-state index contributed by atoms with van der Waals surface area (Å²) in [5.41, 5.74) is 7.19.